The summed E-state index contributed by atoms with van der Waals surface area (Å²) in [5.41, 5.74) is -0.698. The van der Waals surface area contributed by atoms with Crippen molar-refractivity contribution in [2.45, 2.75) is 25.4 Å². The normalized spacial score (nSPS) is 16.8. The van der Waals surface area contributed by atoms with Crippen LogP contribution in [0.15, 0.2) is 24.3 Å². The van der Waals surface area contributed by atoms with Crippen molar-refractivity contribution in [2.75, 3.05) is 26.2 Å². The molecule has 0 aliphatic carbocycles. The van der Waals surface area contributed by atoms with Crippen LogP contribution in [-0.2, 0) is 6.18 Å². The summed E-state index contributed by atoms with van der Waals surface area (Å²) >= 11 is 0. The van der Waals surface area contributed by atoms with Crippen molar-refractivity contribution in [3.63, 3.8) is 0 Å². The first-order valence-electron chi connectivity index (χ1n) is 6.59. The van der Waals surface area contributed by atoms with Gasteiger partial charge in [-0.3, -0.25) is 0 Å². The van der Waals surface area contributed by atoms with Crippen LogP contribution in [0.3, 0.4) is 0 Å². The second kappa shape index (κ2) is 6.28. The molecule has 0 saturated carbocycles. The van der Waals surface area contributed by atoms with Crippen LogP contribution in [-0.4, -0.2) is 31.1 Å². The number of likely N-dealkylation sites (tertiary alicyclic amines) is 1. The number of halogens is 3. The molecule has 0 aromatic heterocycles. The molecule has 1 aliphatic heterocycles. The van der Waals surface area contributed by atoms with Gasteiger partial charge in [0.1, 0.15) is 5.75 Å². The number of hydrogen-bond donors (Lipinski definition) is 0. The van der Waals surface area contributed by atoms with E-state index in [9.17, 15) is 13.2 Å². The second-order valence-corrected chi connectivity index (χ2v) is 4.74. The molecule has 1 heterocycles. The molecule has 0 N–H and O–H groups in total. The summed E-state index contributed by atoms with van der Waals surface area (Å²) in [7, 11) is 0. The summed E-state index contributed by atoms with van der Waals surface area (Å²) in [6, 6.07) is 5.36. The fourth-order valence-corrected chi connectivity index (χ4v) is 2.30. The lowest BCUT2D eigenvalue weighted by Gasteiger charge is -2.16. The molecule has 0 amide bonds. The standard InChI is InChI=1S/C14H18F3NO/c15-14(16,17)12-6-1-2-7-13(12)19-11-5-10-18-8-3-4-9-18/h1-2,6-7H,3-5,8-11H2. The number of nitrogens with zero attached hydrogens (tertiary/aromatic N) is 1. The summed E-state index contributed by atoms with van der Waals surface area (Å²) in [4.78, 5) is 2.32. The molecule has 0 bridgehead atoms. The van der Waals surface area contributed by atoms with E-state index in [0.717, 1.165) is 32.1 Å². The van der Waals surface area contributed by atoms with Crippen LogP contribution in [0.5, 0.6) is 5.75 Å². The smallest absolute Gasteiger partial charge is 0.419 e. The molecule has 1 saturated heterocycles. The molecule has 1 fully saturated rings. The van der Waals surface area contributed by atoms with Crippen molar-refractivity contribution in [3.05, 3.63) is 29.8 Å². The van der Waals surface area contributed by atoms with Gasteiger partial charge in [-0.1, -0.05) is 12.1 Å². The Labute approximate surface area is 111 Å². The van der Waals surface area contributed by atoms with E-state index in [2.05, 4.69) is 4.90 Å². The quantitative estimate of drug-likeness (QED) is 0.760. The molecule has 19 heavy (non-hydrogen) atoms. The molecule has 0 unspecified atom stereocenters. The molecular weight excluding hydrogens is 255 g/mol. The lowest BCUT2D eigenvalue weighted by molar-refractivity contribution is -0.138. The first kappa shape index (κ1) is 14.2. The van der Waals surface area contributed by atoms with Crippen LogP contribution in [0.2, 0.25) is 0 Å². The minimum Gasteiger partial charge on any atom is -0.493 e. The third-order valence-corrected chi connectivity index (χ3v) is 3.27. The molecule has 0 atom stereocenters. The molecule has 5 heteroatoms. The van der Waals surface area contributed by atoms with E-state index in [1.807, 2.05) is 0 Å². The minimum atomic E-state index is -4.36. The van der Waals surface area contributed by atoms with E-state index in [1.54, 1.807) is 6.07 Å². The van der Waals surface area contributed by atoms with Gasteiger partial charge in [0.15, 0.2) is 0 Å². The Kier molecular flexibility index (Phi) is 4.69. The van der Waals surface area contributed by atoms with Gasteiger partial charge in [-0.2, -0.15) is 13.2 Å². The number of rotatable bonds is 5. The maximum atomic E-state index is 12.7. The fraction of sp³-hybridized carbons (Fsp3) is 0.571. The van der Waals surface area contributed by atoms with Crippen molar-refractivity contribution < 1.29 is 17.9 Å². The molecule has 1 aliphatic rings. The van der Waals surface area contributed by atoms with E-state index >= 15 is 0 Å². The molecule has 2 rings (SSSR count). The van der Waals surface area contributed by atoms with E-state index in [0.29, 0.717) is 6.61 Å². The number of benzene rings is 1. The number of ether oxygens (including phenoxy) is 1. The zero-order chi connectivity index (χ0) is 13.7. The molecule has 106 valence electrons. The maximum absolute atomic E-state index is 12.7. The molecule has 1 aromatic carbocycles. The number of para-hydroxylation sites is 1. The minimum absolute atomic E-state index is 0.0728. The Hall–Kier alpha value is -1.23. The van der Waals surface area contributed by atoms with Crippen LogP contribution in [0.1, 0.15) is 24.8 Å². The SMILES string of the molecule is FC(F)(F)c1ccccc1OCCCN1CCCC1. The monoisotopic (exact) mass is 273 g/mol. The lowest BCUT2D eigenvalue weighted by atomic mass is 10.2. The fourth-order valence-electron chi connectivity index (χ4n) is 2.30. The van der Waals surface area contributed by atoms with Crippen LogP contribution < -0.4 is 4.74 Å². The zero-order valence-corrected chi connectivity index (χ0v) is 10.7. The highest BCUT2D eigenvalue weighted by Gasteiger charge is 2.33. The van der Waals surface area contributed by atoms with Gasteiger partial charge in [-0.15, -0.1) is 0 Å². The molecule has 2 nitrogen and oxygen atoms in total. The predicted octanol–water partition coefficient (Wildman–Crippen LogP) is 3.57. The van der Waals surface area contributed by atoms with E-state index in [4.69, 9.17) is 4.74 Å². The van der Waals surface area contributed by atoms with Crippen LogP contribution >= 0.6 is 0 Å². The van der Waals surface area contributed by atoms with Crippen molar-refractivity contribution >= 4 is 0 Å². The van der Waals surface area contributed by atoms with E-state index in [-0.39, 0.29) is 5.75 Å². The lowest BCUT2D eigenvalue weighted by Crippen LogP contribution is -2.22. The van der Waals surface area contributed by atoms with Gasteiger partial charge in [-0.05, 0) is 44.5 Å². The van der Waals surface area contributed by atoms with Crippen LogP contribution in [0.4, 0.5) is 13.2 Å². The van der Waals surface area contributed by atoms with Crippen molar-refractivity contribution in [2.24, 2.45) is 0 Å². The summed E-state index contributed by atoms with van der Waals surface area (Å²) < 4.78 is 43.4. The van der Waals surface area contributed by atoms with Gasteiger partial charge in [0, 0.05) is 6.54 Å². The number of hydrogen-bond acceptors (Lipinski definition) is 2. The molecular formula is C14H18F3NO. The maximum Gasteiger partial charge on any atom is 0.419 e. The Bertz CT molecular complexity index is 400. The zero-order valence-electron chi connectivity index (χ0n) is 10.7. The Morgan fingerprint density at radius 1 is 1.11 bits per heavy atom. The Morgan fingerprint density at radius 2 is 1.79 bits per heavy atom. The average molecular weight is 273 g/mol. The highest BCUT2D eigenvalue weighted by Crippen LogP contribution is 2.35. The van der Waals surface area contributed by atoms with Crippen LogP contribution in [0.25, 0.3) is 0 Å². The largest absolute Gasteiger partial charge is 0.493 e. The summed E-state index contributed by atoms with van der Waals surface area (Å²) in [5.74, 6) is -0.0728. The first-order chi connectivity index (χ1) is 9.07. The van der Waals surface area contributed by atoms with Gasteiger partial charge < -0.3 is 9.64 Å². The Balaban J connectivity index is 1.82. The van der Waals surface area contributed by atoms with Gasteiger partial charge in [0.25, 0.3) is 0 Å². The van der Waals surface area contributed by atoms with Crippen LogP contribution in [0, 0.1) is 0 Å². The van der Waals surface area contributed by atoms with Gasteiger partial charge in [-0.25, -0.2) is 0 Å². The third-order valence-electron chi connectivity index (χ3n) is 3.27. The van der Waals surface area contributed by atoms with Crippen molar-refractivity contribution in [3.8, 4) is 5.75 Å². The van der Waals surface area contributed by atoms with E-state index < -0.39 is 11.7 Å². The molecule has 0 radical (unpaired) electrons. The van der Waals surface area contributed by atoms with Gasteiger partial charge in [0.2, 0.25) is 0 Å². The van der Waals surface area contributed by atoms with Crippen molar-refractivity contribution in [1.82, 2.24) is 4.90 Å². The van der Waals surface area contributed by atoms with Gasteiger partial charge in [0.05, 0.1) is 12.2 Å². The third kappa shape index (κ3) is 4.13. The number of alkyl halides is 3. The topological polar surface area (TPSA) is 12.5 Å². The summed E-state index contributed by atoms with van der Waals surface area (Å²) in [6.45, 7) is 3.41. The van der Waals surface area contributed by atoms with Crippen molar-refractivity contribution in [1.29, 1.82) is 0 Å². The predicted molar refractivity (Wildman–Crippen MR) is 67.2 cm³/mol. The highest BCUT2D eigenvalue weighted by atomic mass is 19.4. The first-order valence-corrected chi connectivity index (χ1v) is 6.59. The highest BCUT2D eigenvalue weighted by molar-refractivity contribution is 5.35. The molecule has 1 aromatic rings. The Morgan fingerprint density at radius 3 is 2.47 bits per heavy atom. The second-order valence-electron chi connectivity index (χ2n) is 4.74. The van der Waals surface area contributed by atoms with Gasteiger partial charge >= 0.3 is 6.18 Å². The average Bonchev–Trinajstić information content (AvgIpc) is 2.87. The molecule has 0 spiro atoms. The summed E-state index contributed by atoms with van der Waals surface area (Å²) in [6.07, 6.45) is -1.16. The van der Waals surface area contributed by atoms with E-state index in [1.165, 1.54) is 25.0 Å². The summed E-state index contributed by atoms with van der Waals surface area (Å²) in [5, 5.41) is 0.